The Morgan fingerprint density at radius 1 is 1.24 bits per heavy atom. The van der Waals surface area contributed by atoms with E-state index in [-0.39, 0.29) is 18.0 Å². The summed E-state index contributed by atoms with van der Waals surface area (Å²) < 4.78 is 11.2. The van der Waals surface area contributed by atoms with Gasteiger partial charge < -0.3 is 14.2 Å². The van der Waals surface area contributed by atoms with Crippen LogP contribution < -0.4 is 4.74 Å². The van der Waals surface area contributed by atoms with Crippen molar-refractivity contribution in [1.29, 1.82) is 0 Å². The zero-order valence-electron chi connectivity index (χ0n) is 15.6. The molecule has 2 aromatic heterocycles. The van der Waals surface area contributed by atoms with Gasteiger partial charge >= 0.3 is 6.01 Å². The summed E-state index contributed by atoms with van der Waals surface area (Å²) in [5, 5.41) is 5.03. The third kappa shape index (κ3) is 4.21. The van der Waals surface area contributed by atoms with Crippen LogP contribution in [0.1, 0.15) is 29.0 Å². The minimum absolute atomic E-state index is 0.163. The van der Waals surface area contributed by atoms with Crippen LogP contribution in [0.5, 0.6) is 6.01 Å². The summed E-state index contributed by atoms with van der Waals surface area (Å²) in [6.07, 6.45) is 4.35. The number of hydrogen-bond donors (Lipinski definition) is 0. The first-order valence-corrected chi connectivity index (χ1v) is 9.93. The predicted molar refractivity (Wildman–Crippen MR) is 108 cm³/mol. The molecule has 0 saturated carbocycles. The normalized spacial score (nSPS) is 16.7. The molecule has 3 aromatic rings. The van der Waals surface area contributed by atoms with E-state index in [0.29, 0.717) is 45.7 Å². The zero-order valence-corrected chi connectivity index (χ0v) is 17.2. The fourth-order valence-electron chi connectivity index (χ4n) is 3.35. The smallest absolute Gasteiger partial charge is 0.316 e. The third-order valence-electron chi connectivity index (χ3n) is 4.74. The second kappa shape index (κ2) is 8.39. The first-order chi connectivity index (χ1) is 14.0. The molecule has 9 heteroatoms. The first kappa shape index (κ1) is 19.7. The second-order valence-electron chi connectivity index (χ2n) is 6.76. The van der Waals surface area contributed by atoms with Crippen LogP contribution in [0.4, 0.5) is 0 Å². The fourth-order valence-corrected chi connectivity index (χ4v) is 3.67. The average Bonchev–Trinajstić information content (AvgIpc) is 3.11. The van der Waals surface area contributed by atoms with Crippen LogP contribution in [0.15, 0.2) is 41.2 Å². The van der Waals surface area contributed by atoms with Crippen molar-refractivity contribution < 1.29 is 14.1 Å². The number of aryl methyl sites for hydroxylation is 1. The summed E-state index contributed by atoms with van der Waals surface area (Å²) in [6, 6.07) is 7.48. The Morgan fingerprint density at radius 3 is 2.76 bits per heavy atom. The van der Waals surface area contributed by atoms with Crippen LogP contribution >= 0.6 is 23.2 Å². The number of aromatic nitrogens is 3. The molecule has 1 aromatic carbocycles. The van der Waals surface area contributed by atoms with E-state index < -0.39 is 0 Å². The lowest BCUT2D eigenvalue weighted by Crippen LogP contribution is -2.44. The monoisotopic (exact) mass is 432 g/mol. The molecule has 1 aliphatic heterocycles. The molecule has 4 rings (SSSR count). The Hall–Kier alpha value is -2.64. The number of halogens is 2. The van der Waals surface area contributed by atoms with Crippen molar-refractivity contribution in [2.45, 2.75) is 25.9 Å². The zero-order chi connectivity index (χ0) is 20.4. The van der Waals surface area contributed by atoms with Gasteiger partial charge in [0.15, 0.2) is 0 Å². The van der Waals surface area contributed by atoms with Gasteiger partial charge in [-0.3, -0.25) is 4.79 Å². The van der Waals surface area contributed by atoms with Gasteiger partial charge in [0.05, 0.1) is 29.0 Å². The van der Waals surface area contributed by atoms with Gasteiger partial charge in [0, 0.05) is 12.1 Å². The van der Waals surface area contributed by atoms with E-state index in [9.17, 15) is 4.79 Å². The summed E-state index contributed by atoms with van der Waals surface area (Å²) in [7, 11) is 0. The maximum absolute atomic E-state index is 13.3. The Balaban J connectivity index is 1.55. The summed E-state index contributed by atoms with van der Waals surface area (Å²) >= 11 is 12.1. The van der Waals surface area contributed by atoms with Crippen molar-refractivity contribution in [3.05, 3.63) is 58.0 Å². The van der Waals surface area contributed by atoms with E-state index in [1.807, 2.05) is 18.2 Å². The van der Waals surface area contributed by atoms with Crippen molar-refractivity contribution in [3.8, 4) is 17.3 Å². The van der Waals surface area contributed by atoms with Crippen molar-refractivity contribution in [3.63, 3.8) is 0 Å². The van der Waals surface area contributed by atoms with E-state index >= 15 is 0 Å². The topological polar surface area (TPSA) is 81.4 Å². The summed E-state index contributed by atoms with van der Waals surface area (Å²) in [5.41, 5.74) is 1.53. The van der Waals surface area contributed by atoms with Gasteiger partial charge in [-0.15, -0.1) is 0 Å². The largest absolute Gasteiger partial charge is 0.458 e. The number of hydrogen-bond acceptors (Lipinski definition) is 6. The number of nitrogens with zero attached hydrogens (tertiary/aromatic N) is 4. The number of carbonyl (C=O) groups excluding carboxylic acids is 1. The lowest BCUT2D eigenvalue weighted by molar-refractivity contribution is 0.0515. The molecule has 0 aliphatic carbocycles. The molecular formula is C20H18Cl2N4O3. The lowest BCUT2D eigenvalue weighted by Gasteiger charge is -2.32. The van der Waals surface area contributed by atoms with Gasteiger partial charge in [-0.25, -0.2) is 9.97 Å². The minimum Gasteiger partial charge on any atom is -0.458 e. The molecule has 0 spiro atoms. The quantitative estimate of drug-likeness (QED) is 0.606. The Kier molecular flexibility index (Phi) is 5.69. The predicted octanol–water partition coefficient (Wildman–Crippen LogP) is 4.43. The molecule has 0 N–H and O–H groups in total. The van der Waals surface area contributed by atoms with Gasteiger partial charge in [0.25, 0.3) is 5.91 Å². The number of benzene rings is 1. The molecule has 1 atom stereocenters. The Morgan fingerprint density at radius 2 is 2.00 bits per heavy atom. The highest BCUT2D eigenvalue weighted by molar-refractivity contribution is 6.33. The molecule has 1 unspecified atom stereocenters. The van der Waals surface area contributed by atoms with Crippen LogP contribution in [0.25, 0.3) is 11.3 Å². The van der Waals surface area contributed by atoms with Gasteiger partial charge in [-0.1, -0.05) is 46.6 Å². The molecule has 150 valence electrons. The molecule has 7 nitrogen and oxygen atoms in total. The van der Waals surface area contributed by atoms with E-state index in [1.165, 1.54) is 12.4 Å². The standard InChI is InChI=1S/C20H18Cl2N4O3/c1-12-17(18(25-29-12)15-6-2-3-7-16(15)22)19(27)26-8-4-5-14(11-26)28-20-23-9-13(21)10-24-20/h2-3,6-7,9-10,14H,4-5,8,11H2,1H3. The lowest BCUT2D eigenvalue weighted by atomic mass is 10.0. The van der Waals surface area contributed by atoms with Gasteiger partial charge in [-0.05, 0) is 25.8 Å². The Labute approximate surface area is 177 Å². The number of ether oxygens (including phenoxy) is 1. The van der Waals surface area contributed by atoms with E-state index in [0.717, 1.165) is 12.8 Å². The van der Waals surface area contributed by atoms with Gasteiger partial charge in [0.1, 0.15) is 23.1 Å². The Bertz CT molecular complexity index is 1020. The van der Waals surface area contributed by atoms with Crippen molar-refractivity contribution >= 4 is 29.1 Å². The number of rotatable bonds is 4. The van der Waals surface area contributed by atoms with Crippen LogP contribution in [-0.4, -0.2) is 45.1 Å². The highest BCUT2D eigenvalue weighted by Crippen LogP contribution is 2.32. The van der Waals surface area contributed by atoms with Gasteiger partial charge in [-0.2, -0.15) is 0 Å². The number of likely N-dealkylation sites (tertiary alicyclic amines) is 1. The number of piperidine rings is 1. The van der Waals surface area contributed by atoms with E-state index in [4.69, 9.17) is 32.5 Å². The maximum atomic E-state index is 13.3. The highest BCUT2D eigenvalue weighted by Gasteiger charge is 2.31. The number of carbonyl (C=O) groups is 1. The van der Waals surface area contributed by atoms with Crippen LogP contribution in [0.3, 0.4) is 0 Å². The van der Waals surface area contributed by atoms with Crippen molar-refractivity contribution in [1.82, 2.24) is 20.0 Å². The second-order valence-corrected chi connectivity index (χ2v) is 7.60. The number of amides is 1. The molecule has 1 saturated heterocycles. The van der Waals surface area contributed by atoms with E-state index in [1.54, 1.807) is 17.9 Å². The van der Waals surface area contributed by atoms with Gasteiger partial charge in [0.2, 0.25) is 0 Å². The van der Waals surface area contributed by atoms with Crippen molar-refractivity contribution in [2.24, 2.45) is 0 Å². The molecule has 0 radical (unpaired) electrons. The van der Waals surface area contributed by atoms with E-state index in [2.05, 4.69) is 15.1 Å². The van der Waals surface area contributed by atoms with Crippen molar-refractivity contribution in [2.75, 3.05) is 13.1 Å². The fraction of sp³-hybridized carbons (Fsp3) is 0.300. The minimum atomic E-state index is -0.210. The average molecular weight is 433 g/mol. The molecule has 3 heterocycles. The molecule has 0 bridgehead atoms. The molecule has 1 fully saturated rings. The molecule has 29 heavy (non-hydrogen) atoms. The summed E-state index contributed by atoms with van der Waals surface area (Å²) in [6.45, 7) is 2.75. The summed E-state index contributed by atoms with van der Waals surface area (Å²) in [4.78, 5) is 23.2. The molecule has 1 aliphatic rings. The third-order valence-corrected chi connectivity index (χ3v) is 5.26. The maximum Gasteiger partial charge on any atom is 0.316 e. The molecular weight excluding hydrogens is 415 g/mol. The van der Waals surface area contributed by atoms with Crippen LogP contribution in [0.2, 0.25) is 10.0 Å². The first-order valence-electron chi connectivity index (χ1n) is 9.17. The molecule has 1 amide bonds. The van der Waals surface area contributed by atoms with Crippen LogP contribution in [-0.2, 0) is 0 Å². The highest BCUT2D eigenvalue weighted by atomic mass is 35.5. The van der Waals surface area contributed by atoms with Crippen LogP contribution in [0, 0.1) is 6.92 Å². The SMILES string of the molecule is Cc1onc(-c2ccccc2Cl)c1C(=O)N1CCCC(Oc2ncc(Cl)cn2)C1. The summed E-state index contributed by atoms with van der Waals surface area (Å²) in [5.74, 6) is 0.290.